The van der Waals surface area contributed by atoms with Gasteiger partial charge in [0.05, 0.1) is 34.0 Å². The van der Waals surface area contributed by atoms with Crippen molar-refractivity contribution >= 4 is 55.0 Å². The predicted molar refractivity (Wildman–Crippen MR) is 112 cm³/mol. The number of nitrogens with zero attached hydrogens (tertiary/aromatic N) is 3. The van der Waals surface area contributed by atoms with Crippen molar-refractivity contribution in [2.45, 2.75) is 13.0 Å². The lowest BCUT2D eigenvalue weighted by molar-refractivity contribution is -0.140. The van der Waals surface area contributed by atoms with Gasteiger partial charge in [-0.2, -0.15) is 4.99 Å². The fourth-order valence-corrected chi connectivity index (χ4v) is 5.08. The number of carbonyl (C=O) groups is 2. The van der Waals surface area contributed by atoms with Crippen LogP contribution in [0, 0.1) is 0 Å². The van der Waals surface area contributed by atoms with Crippen LogP contribution in [0.3, 0.4) is 0 Å². The zero-order chi connectivity index (χ0) is 20.7. The monoisotopic (exact) mass is 441 g/mol. The summed E-state index contributed by atoms with van der Waals surface area (Å²) in [5, 5.41) is 0.322. The largest absolute Gasteiger partial charge is 0.469 e. The summed E-state index contributed by atoms with van der Waals surface area (Å²) < 4.78 is 19.3. The number of ether oxygens (including phenoxy) is 3. The maximum absolute atomic E-state index is 12.8. The van der Waals surface area contributed by atoms with Crippen LogP contribution in [-0.2, 0) is 16.1 Å². The number of methoxy groups -OCH3 is 1. The molecule has 0 unspecified atom stereocenters. The summed E-state index contributed by atoms with van der Waals surface area (Å²) >= 11 is 2.65. The van der Waals surface area contributed by atoms with Crippen LogP contribution in [0.25, 0.3) is 20.4 Å². The molecule has 0 saturated carbocycles. The number of aromatic nitrogens is 2. The van der Waals surface area contributed by atoms with Crippen molar-refractivity contribution in [3.63, 3.8) is 0 Å². The molecule has 30 heavy (non-hydrogen) atoms. The van der Waals surface area contributed by atoms with E-state index in [1.165, 1.54) is 29.8 Å². The number of fused-ring (bicyclic) bond motifs is 3. The Balaban J connectivity index is 1.60. The average Bonchev–Trinajstić information content (AvgIpc) is 3.46. The van der Waals surface area contributed by atoms with Crippen LogP contribution in [-0.4, -0.2) is 35.3 Å². The molecule has 0 fully saturated rings. The Bertz CT molecular complexity index is 1340. The second kappa shape index (κ2) is 7.54. The number of esters is 1. The van der Waals surface area contributed by atoms with Crippen LogP contribution in [0.1, 0.15) is 16.2 Å². The SMILES string of the molecule is COC(=O)CCn1c(=NC(=O)c2nc3ccccc3s2)sc2cc3c(cc21)OCO3. The highest BCUT2D eigenvalue weighted by Gasteiger charge is 2.19. The highest BCUT2D eigenvalue weighted by atomic mass is 32.1. The lowest BCUT2D eigenvalue weighted by Crippen LogP contribution is -2.19. The van der Waals surface area contributed by atoms with E-state index < -0.39 is 5.91 Å². The molecule has 8 nitrogen and oxygen atoms in total. The lowest BCUT2D eigenvalue weighted by Gasteiger charge is -2.05. The summed E-state index contributed by atoms with van der Waals surface area (Å²) in [5.41, 5.74) is 1.57. The van der Waals surface area contributed by atoms with Gasteiger partial charge in [-0.15, -0.1) is 11.3 Å². The third kappa shape index (κ3) is 3.33. The fraction of sp³-hybridized carbons (Fsp3) is 0.200. The number of thiazole rings is 2. The Morgan fingerprint density at radius 1 is 1.17 bits per heavy atom. The van der Waals surface area contributed by atoms with Gasteiger partial charge in [0.25, 0.3) is 0 Å². The van der Waals surface area contributed by atoms with E-state index in [1.807, 2.05) is 41.0 Å². The molecule has 0 saturated heterocycles. The molecule has 0 bridgehead atoms. The van der Waals surface area contributed by atoms with Gasteiger partial charge in [-0.3, -0.25) is 9.59 Å². The Hall–Kier alpha value is -3.24. The first-order valence-electron chi connectivity index (χ1n) is 9.07. The highest BCUT2D eigenvalue weighted by molar-refractivity contribution is 7.20. The molecular formula is C20H15N3O5S2. The number of hydrogen-bond donors (Lipinski definition) is 0. The minimum atomic E-state index is -0.422. The third-order valence-electron chi connectivity index (χ3n) is 4.62. The molecule has 0 N–H and O–H groups in total. The Morgan fingerprint density at radius 2 is 1.97 bits per heavy atom. The van der Waals surface area contributed by atoms with Crippen LogP contribution in [0.15, 0.2) is 41.4 Å². The number of hydrogen-bond acceptors (Lipinski definition) is 8. The number of rotatable bonds is 4. The molecular weight excluding hydrogens is 426 g/mol. The number of benzene rings is 2. The standard InChI is InChI=1S/C20H15N3O5S2/c1-26-17(24)6-7-23-12-8-13-14(28-10-27-13)9-16(12)30-20(23)22-18(25)19-21-11-4-2-3-5-15(11)29-19/h2-5,8-9H,6-7,10H2,1H3. The van der Waals surface area contributed by atoms with Crippen LogP contribution >= 0.6 is 22.7 Å². The molecule has 1 amide bonds. The molecule has 3 heterocycles. The number of amides is 1. The molecule has 152 valence electrons. The minimum absolute atomic E-state index is 0.152. The second-order valence-electron chi connectivity index (χ2n) is 6.44. The summed E-state index contributed by atoms with van der Waals surface area (Å²) in [5.74, 6) is 0.504. The molecule has 5 rings (SSSR count). The molecule has 1 aliphatic heterocycles. The number of carbonyl (C=O) groups excluding carboxylic acids is 2. The van der Waals surface area contributed by atoms with E-state index in [-0.39, 0.29) is 19.2 Å². The van der Waals surface area contributed by atoms with Crippen molar-refractivity contribution in [1.29, 1.82) is 0 Å². The van der Waals surface area contributed by atoms with Crippen molar-refractivity contribution < 1.29 is 23.8 Å². The molecule has 4 aromatic rings. The van der Waals surface area contributed by atoms with E-state index in [2.05, 4.69) is 9.98 Å². The molecule has 0 spiro atoms. The van der Waals surface area contributed by atoms with Gasteiger partial charge in [0, 0.05) is 18.7 Å². The Labute approximate surface area is 178 Å². The van der Waals surface area contributed by atoms with Gasteiger partial charge in [0.15, 0.2) is 21.3 Å². The first-order chi connectivity index (χ1) is 14.6. The predicted octanol–water partition coefficient (Wildman–Crippen LogP) is 3.35. The van der Waals surface area contributed by atoms with E-state index in [4.69, 9.17) is 14.2 Å². The summed E-state index contributed by atoms with van der Waals surface area (Å²) in [6.45, 7) is 0.486. The average molecular weight is 441 g/mol. The first kappa shape index (κ1) is 18.8. The molecule has 2 aromatic carbocycles. The zero-order valence-corrected chi connectivity index (χ0v) is 17.4. The Morgan fingerprint density at radius 3 is 2.77 bits per heavy atom. The van der Waals surface area contributed by atoms with Gasteiger partial charge in [0.2, 0.25) is 6.79 Å². The quantitative estimate of drug-likeness (QED) is 0.451. The van der Waals surface area contributed by atoms with Gasteiger partial charge in [0.1, 0.15) is 0 Å². The minimum Gasteiger partial charge on any atom is -0.469 e. The summed E-state index contributed by atoms with van der Waals surface area (Å²) in [6, 6.07) is 11.3. The lowest BCUT2D eigenvalue weighted by atomic mass is 10.3. The zero-order valence-electron chi connectivity index (χ0n) is 15.8. The van der Waals surface area contributed by atoms with Gasteiger partial charge < -0.3 is 18.8 Å². The molecule has 0 atom stereocenters. The van der Waals surface area contributed by atoms with Crippen molar-refractivity contribution in [1.82, 2.24) is 9.55 Å². The molecule has 0 radical (unpaired) electrons. The van der Waals surface area contributed by atoms with E-state index in [9.17, 15) is 9.59 Å². The van der Waals surface area contributed by atoms with Crippen LogP contribution in [0.4, 0.5) is 0 Å². The molecule has 0 aliphatic carbocycles. The van der Waals surface area contributed by atoms with Crippen molar-refractivity contribution in [2.24, 2.45) is 4.99 Å². The van der Waals surface area contributed by atoms with Crippen molar-refractivity contribution in [2.75, 3.05) is 13.9 Å². The molecule has 10 heteroatoms. The van der Waals surface area contributed by atoms with E-state index in [0.717, 1.165) is 20.4 Å². The van der Waals surface area contributed by atoms with Gasteiger partial charge in [-0.1, -0.05) is 23.5 Å². The third-order valence-corrected chi connectivity index (χ3v) is 6.68. The summed E-state index contributed by atoms with van der Waals surface area (Å²) in [6.07, 6.45) is 0.152. The number of aryl methyl sites for hydroxylation is 1. The maximum atomic E-state index is 12.8. The maximum Gasteiger partial charge on any atom is 0.308 e. The van der Waals surface area contributed by atoms with Gasteiger partial charge in [-0.25, -0.2) is 4.98 Å². The Kier molecular flexibility index (Phi) is 4.72. The molecule has 1 aliphatic rings. The smallest absolute Gasteiger partial charge is 0.308 e. The number of para-hydroxylation sites is 1. The van der Waals surface area contributed by atoms with Crippen LogP contribution in [0.5, 0.6) is 11.5 Å². The summed E-state index contributed by atoms with van der Waals surface area (Å²) in [7, 11) is 1.35. The van der Waals surface area contributed by atoms with E-state index >= 15 is 0 Å². The second-order valence-corrected chi connectivity index (χ2v) is 8.48. The van der Waals surface area contributed by atoms with Gasteiger partial charge >= 0.3 is 11.9 Å². The topological polar surface area (TPSA) is 92.0 Å². The molecule has 2 aromatic heterocycles. The van der Waals surface area contributed by atoms with Gasteiger partial charge in [-0.05, 0) is 12.1 Å². The fourth-order valence-electron chi connectivity index (χ4n) is 3.16. The summed E-state index contributed by atoms with van der Waals surface area (Å²) in [4.78, 5) is 33.7. The highest BCUT2D eigenvalue weighted by Crippen LogP contribution is 2.37. The van der Waals surface area contributed by atoms with Crippen molar-refractivity contribution in [3.8, 4) is 11.5 Å². The van der Waals surface area contributed by atoms with Crippen LogP contribution < -0.4 is 14.3 Å². The van der Waals surface area contributed by atoms with Crippen LogP contribution in [0.2, 0.25) is 0 Å². The normalized spacial score (nSPS) is 13.3. The van der Waals surface area contributed by atoms with E-state index in [1.54, 1.807) is 0 Å². The van der Waals surface area contributed by atoms with E-state index in [0.29, 0.717) is 27.9 Å². The first-order valence-corrected chi connectivity index (χ1v) is 10.7. The van der Waals surface area contributed by atoms with Crippen molar-refractivity contribution in [3.05, 3.63) is 46.2 Å².